The number of aliphatic hydroxyl groups excluding tert-OH is 2. The Hall–Kier alpha value is -3.41. The summed E-state index contributed by atoms with van der Waals surface area (Å²) < 4.78 is 0. The molecular formula is C30H42N4O7. The number of benzene rings is 1. The standard InChI is InChI=1S/C30H42N4O7/c1-8-34(9-2)22-15(13-32-29(3,4)5)12-18(35)20-16(22)10-14-11-17-23(33(6)7)25(37)21(28(31)40)27(39)30(17,41)26(38)19(14)24(20)36/h12,14,17,23,32,35-36,39,41H,8-11,13H2,1-7H3,(H2,31,40)/t14-,17-,23-,30-/m0/s1. The van der Waals surface area contributed by atoms with Crippen LogP contribution in [0.1, 0.15) is 57.7 Å². The summed E-state index contributed by atoms with van der Waals surface area (Å²) in [6.45, 7) is 11.9. The number of hydrogen-bond donors (Lipinski definition) is 6. The Morgan fingerprint density at radius 1 is 1.15 bits per heavy atom. The van der Waals surface area contributed by atoms with Crippen molar-refractivity contribution >= 4 is 28.9 Å². The van der Waals surface area contributed by atoms with E-state index in [0.717, 1.165) is 11.3 Å². The Kier molecular flexibility index (Phi) is 7.79. The van der Waals surface area contributed by atoms with Crippen LogP contribution < -0.4 is 16.0 Å². The molecule has 0 aromatic heterocycles. The zero-order valence-corrected chi connectivity index (χ0v) is 24.8. The van der Waals surface area contributed by atoms with Gasteiger partial charge in [-0.05, 0) is 84.7 Å². The topological polar surface area (TPSA) is 177 Å². The lowest BCUT2D eigenvalue weighted by molar-refractivity contribution is -0.153. The van der Waals surface area contributed by atoms with Gasteiger partial charge in [-0.25, -0.2) is 0 Å². The molecule has 1 aromatic rings. The average Bonchev–Trinajstić information content (AvgIpc) is 2.86. The van der Waals surface area contributed by atoms with E-state index in [1.165, 1.54) is 4.90 Å². The minimum Gasteiger partial charge on any atom is -0.508 e. The van der Waals surface area contributed by atoms with Crippen molar-refractivity contribution in [3.05, 3.63) is 39.7 Å². The highest BCUT2D eigenvalue weighted by atomic mass is 16.3. The van der Waals surface area contributed by atoms with Crippen LogP contribution in [0.2, 0.25) is 0 Å². The highest BCUT2D eigenvalue weighted by Crippen LogP contribution is 2.54. The molecule has 0 spiro atoms. The molecule has 11 nitrogen and oxygen atoms in total. The Bertz CT molecular complexity index is 1370. The van der Waals surface area contributed by atoms with Gasteiger partial charge < -0.3 is 36.4 Å². The summed E-state index contributed by atoms with van der Waals surface area (Å²) in [6.07, 6.45) is 0.298. The number of phenols is 1. The summed E-state index contributed by atoms with van der Waals surface area (Å²) in [6, 6.07) is 0.460. The van der Waals surface area contributed by atoms with Gasteiger partial charge in [-0.1, -0.05) is 0 Å². The van der Waals surface area contributed by atoms with Gasteiger partial charge in [-0.3, -0.25) is 19.3 Å². The first-order valence-electron chi connectivity index (χ1n) is 14.0. The first-order chi connectivity index (χ1) is 19.0. The maximum Gasteiger partial charge on any atom is 0.255 e. The van der Waals surface area contributed by atoms with Crippen molar-refractivity contribution in [1.29, 1.82) is 0 Å². The zero-order chi connectivity index (χ0) is 30.8. The van der Waals surface area contributed by atoms with Gasteiger partial charge in [0.1, 0.15) is 22.8 Å². The molecule has 7 N–H and O–H groups in total. The van der Waals surface area contributed by atoms with Crippen LogP contribution in [-0.2, 0) is 27.3 Å². The van der Waals surface area contributed by atoms with Crippen molar-refractivity contribution in [2.45, 2.75) is 71.2 Å². The molecule has 1 aromatic carbocycles. The number of fused-ring (bicyclic) bond motifs is 3. The van der Waals surface area contributed by atoms with E-state index in [1.807, 2.05) is 34.6 Å². The van der Waals surface area contributed by atoms with Gasteiger partial charge >= 0.3 is 0 Å². The van der Waals surface area contributed by atoms with E-state index in [4.69, 9.17) is 5.73 Å². The number of phenolic OH excluding ortho intramolecular Hbond substituents is 1. The Labute approximate surface area is 240 Å². The van der Waals surface area contributed by atoms with Gasteiger partial charge in [0.25, 0.3) is 5.91 Å². The Morgan fingerprint density at radius 3 is 2.27 bits per heavy atom. The maximum absolute atomic E-state index is 14.1. The number of nitrogens with two attached hydrogens (primary N) is 1. The van der Waals surface area contributed by atoms with Crippen LogP contribution >= 0.6 is 0 Å². The molecule has 224 valence electrons. The minimum absolute atomic E-state index is 0.0503. The second-order valence-corrected chi connectivity index (χ2v) is 12.5. The lowest BCUT2D eigenvalue weighted by atomic mass is 9.57. The van der Waals surface area contributed by atoms with E-state index in [0.29, 0.717) is 25.2 Å². The first-order valence-corrected chi connectivity index (χ1v) is 14.0. The van der Waals surface area contributed by atoms with Crippen molar-refractivity contribution in [2.24, 2.45) is 17.6 Å². The second kappa shape index (κ2) is 10.5. The maximum atomic E-state index is 14.1. The number of Topliss-reactive ketones (excluding diaryl/α,β-unsaturated/α-hetero) is 2. The number of hydrogen-bond acceptors (Lipinski definition) is 10. The first kappa shape index (κ1) is 30.5. The van der Waals surface area contributed by atoms with Crippen LogP contribution in [-0.4, -0.2) is 87.2 Å². The van der Waals surface area contributed by atoms with Gasteiger partial charge in [0.15, 0.2) is 11.4 Å². The van der Waals surface area contributed by atoms with Crippen LogP contribution in [0, 0.1) is 11.8 Å². The monoisotopic (exact) mass is 570 g/mol. The molecule has 1 amide bonds. The van der Waals surface area contributed by atoms with E-state index in [2.05, 4.69) is 10.2 Å². The number of aliphatic hydroxyl groups is 3. The molecule has 0 heterocycles. The number of carbonyl (C=O) groups excluding carboxylic acids is 3. The SMILES string of the molecule is CCN(CC)c1c(CNC(C)(C)C)cc(O)c2c1C[C@H]1C[C@H]3[C@H](N(C)C)C(=O)C(C(N)=O)=C(O)[C@@]3(O)C(=O)C1=C2O. The van der Waals surface area contributed by atoms with E-state index < -0.39 is 58.0 Å². The van der Waals surface area contributed by atoms with E-state index in [1.54, 1.807) is 20.2 Å². The summed E-state index contributed by atoms with van der Waals surface area (Å²) >= 11 is 0. The second-order valence-electron chi connectivity index (χ2n) is 12.5. The molecule has 0 aliphatic heterocycles. The lowest BCUT2D eigenvalue weighted by Gasteiger charge is -2.50. The average molecular weight is 571 g/mol. The number of ketones is 2. The van der Waals surface area contributed by atoms with Gasteiger partial charge in [0, 0.05) is 42.4 Å². The number of aromatic hydroxyl groups is 1. The molecule has 1 fully saturated rings. The molecule has 3 aliphatic rings. The fourth-order valence-corrected chi connectivity index (χ4v) is 6.80. The number of anilines is 1. The number of rotatable bonds is 7. The van der Waals surface area contributed by atoms with Crippen LogP contribution in [0.15, 0.2) is 23.0 Å². The molecule has 3 aliphatic carbocycles. The molecule has 41 heavy (non-hydrogen) atoms. The Morgan fingerprint density at radius 2 is 1.76 bits per heavy atom. The van der Waals surface area contributed by atoms with Crippen LogP contribution in [0.5, 0.6) is 5.75 Å². The molecule has 0 unspecified atom stereocenters. The number of nitrogens with zero attached hydrogens (tertiary/aromatic N) is 2. The third-order valence-electron chi connectivity index (χ3n) is 8.66. The quantitative estimate of drug-likeness (QED) is 0.265. The molecule has 4 rings (SSSR count). The largest absolute Gasteiger partial charge is 0.508 e. The van der Waals surface area contributed by atoms with Gasteiger partial charge in [-0.15, -0.1) is 0 Å². The van der Waals surface area contributed by atoms with E-state index >= 15 is 0 Å². The van der Waals surface area contributed by atoms with Crippen molar-refractivity contribution in [3.8, 4) is 5.75 Å². The van der Waals surface area contributed by atoms with E-state index in [9.17, 15) is 34.8 Å². The molecule has 4 atom stereocenters. The summed E-state index contributed by atoms with van der Waals surface area (Å²) in [5, 5.41) is 49.0. The number of likely N-dealkylation sites (N-methyl/N-ethyl adjacent to an activating group) is 1. The summed E-state index contributed by atoms with van der Waals surface area (Å²) in [7, 11) is 3.16. The molecule has 0 bridgehead atoms. The highest BCUT2D eigenvalue weighted by molar-refractivity contribution is 6.24. The number of carbonyl (C=O) groups is 3. The molecule has 11 heteroatoms. The van der Waals surface area contributed by atoms with Gasteiger partial charge in [0.2, 0.25) is 5.78 Å². The van der Waals surface area contributed by atoms with Crippen molar-refractivity contribution < 1.29 is 34.8 Å². The third kappa shape index (κ3) is 4.69. The Balaban J connectivity index is 1.97. The number of primary amides is 1. The fourth-order valence-electron chi connectivity index (χ4n) is 6.80. The van der Waals surface area contributed by atoms with Crippen molar-refractivity contribution in [1.82, 2.24) is 10.2 Å². The summed E-state index contributed by atoms with van der Waals surface area (Å²) in [5.41, 5.74) is 4.01. The molecule has 1 saturated carbocycles. The zero-order valence-electron chi connectivity index (χ0n) is 24.8. The van der Waals surface area contributed by atoms with E-state index in [-0.39, 0.29) is 35.3 Å². The van der Waals surface area contributed by atoms with Crippen molar-refractivity contribution in [2.75, 3.05) is 32.1 Å². The van der Waals surface area contributed by atoms with Crippen LogP contribution in [0.25, 0.3) is 5.76 Å². The molecular weight excluding hydrogens is 528 g/mol. The minimum atomic E-state index is -2.65. The number of nitrogens with one attached hydrogen (secondary N) is 1. The third-order valence-corrected chi connectivity index (χ3v) is 8.66. The van der Waals surface area contributed by atoms with Crippen LogP contribution in [0.3, 0.4) is 0 Å². The predicted molar refractivity (Wildman–Crippen MR) is 154 cm³/mol. The lowest BCUT2D eigenvalue weighted by Crippen LogP contribution is -2.65. The summed E-state index contributed by atoms with van der Waals surface area (Å²) in [4.78, 5) is 43.2. The predicted octanol–water partition coefficient (Wildman–Crippen LogP) is 1.70. The smallest absolute Gasteiger partial charge is 0.255 e. The number of amides is 1. The normalized spacial score (nSPS) is 26.2. The van der Waals surface area contributed by atoms with Crippen molar-refractivity contribution in [3.63, 3.8) is 0 Å². The van der Waals surface area contributed by atoms with Crippen LogP contribution in [0.4, 0.5) is 5.69 Å². The van der Waals surface area contributed by atoms with Gasteiger partial charge in [-0.2, -0.15) is 0 Å². The molecule has 0 saturated heterocycles. The fraction of sp³-hybridized carbons (Fsp3) is 0.567. The highest BCUT2D eigenvalue weighted by Gasteiger charge is 2.64. The molecule has 0 radical (unpaired) electrons. The van der Waals surface area contributed by atoms with Gasteiger partial charge in [0.05, 0.1) is 11.6 Å². The summed E-state index contributed by atoms with van der Waals surface area (Å²) in [5.74, 6) is -6.57.